The molecular formula is C26H27F6N3O3. The van der Waals surface area contributed by atoms with Gasteiger partial charge in [0.15, 0.2) is 0 Å². The highest BCUT2D eigenvalue weighted by Crippen LogP contribution is 2.42. The Morgan fingerprint density at radius 2 is 1.82 bits per heavy atom. The maximum absolute atomic E-state index is 14.9. The zero-order valence-electron chi connectivity index (χ0n) is 20.6. The van der Waals surface area contributed by atoms with Gasteiger partial charge in [0.25, 0.3) is 5.91 Å². The maximum Gasteiger partial charge on any atom is 0.419 e. The van der Waals surface area contributed by atoms with Gasteiger partial charge in [0.05, 0.1) is 23.4 Å². The number of amides is 2. The molecule has 1 saturated carbocycles. The molecule has 2 N–H and O–H groups in total. The van der Waals surface area contributed by atoms with E-state index in [1.54, 1.807) is 6.92 Å². The molecule has 1 aliphatic heterocycles. The van der Waals surface area contributed by atoms with Crippen LogP contribution >= 0.6 is 0 Å². The Balaban J connectivity index is 1.64. The molecule has 0 radical (unpaired) electrons. The Kier molecular flexibility index (Phi) is 7.74. The molecule has 2 aromatic rings. The van der Waals surface area contributed by atoms with E-state index in [-0.39, 0.29) is 42.5 Å². The van der Waals surface area contributed by atoms with Crippen LogP contribution in [-0.4, -0.2) is 45.0 Å². The Morgan fingerprint density at radius 1 is 1.13 bits per heavy atom. The lowest BCUT2D eigenvalue weighted by atomic mass is 9.74. The van der Waals surface area contributed by atoms with Crippen LogP contribution in [0.3, 0.4) is 0 Å². The molecule has 2 fully saturated rings. The first-order valence-electron chi connectivity index (χ1n) is 12.2. The van der Waals surface area contributed by atoms with Gasteiger partial charge in [0.2, 0.25) is 5.91 Å². The third-order valence-electron chi connectivity index (χ3n) is 7.58. The lowest BCUT2D eigenvalue weighted by molar-refractivity contribution is -0.140. The molecule has 0 spiro atoms. The molecule has 2 amide bonds. The fraction of sp³-hybridized carbons (Fsp3) is 0.500. The normalized spacial score (nSPS) is 26.1. The quantitative estimate of drug-likeness (QED) is 0.517. The van der Waals surface area contributed by atoms with Gasteiger partial charge >= 0.3 is 6.18 Å². The number of aromatic nitrogens is 1. The second kappa shape index (κ2) is 10.5. The highest BCUT2D eigenvalue weighted by molar-refractivity contribution is 5.98. The van der Waals surface area contributed by atoms with Crippen molar-refractivity contribution >= 4 is 11.8 Å². The average molecular weight is 544 g/mol. The van der Waals surface area contributed by atoms with Gasteiger partial charge < -0.3 is 15.3 Å². The lowest BCUT2D eigenvalue weighted by Crippen LogP contribution is -2.51. The second-order valence-corrected chi connectivity index (χ2v) is 10.1. The summed E-state index contributed by atoms with van der Waals surface area (Å²) in [4.78, 5) is 32.0. The third-order valence-corrected chi connectivity index (χ3v) is 7.58. The summed E-state index contributed by atoms with van der Waals surface area (Å²) in [5.74, 6) is -4.95. The molecule has 4 rings (SSSR count). The lowest BCUT2D eigenvalue weighted by Gasteiger charge is -2.39. The molecular weight excluding hydrogens is 516 g/mol. The van der Waals surface area contributed by atoms with Gasteiger partial charge in [-0.3, -0.25) is 14.6 Å². The number of aliphatic hydroxyl groups is 1. The standard InChI is InChI=1S/C26H27F6N3O3/c1-12-5-22(35(13(12)2)25(38)14-3-4-33-16(6-14)11-27)24(37)34-23(15-7-17(36)8-15)18-9-21(29)19(10-20(18)28)26(30,31)32/h3-4,6,9-10,12-13,15,17,22-23,36H,5,7-8,11H2,1-2H3,(H,34,37)/t12-,13-,15-,17+,22-,23-/m1/s1. The molecule has 1 aliphatic carbocycles. The largest absolute Gasteiger partial charge is 0.419 e. The molecule has 206 valence electrons. The number of alkyl halides is 4. The number of likely N-dealkylation sites (tertiary alicyclic amines) is 1. The van der Waals surface area contributed by atoms with Crippen LogP contribution in [0, 0.1) is 23.5 Å². The number of nitrogens with one attached hydrogen (secondary N) is 1. The van der Waals surface area contributed by atoms with Gasteiger partial charge in [0.1, 0.15) is 24.4 Å². The fourth-order valence-electron chi connectivity index (χ4n) is 5.23. The smallest absolute Gasteiger partial charge is 0.393 e. The van der Waals surface area contributed by atoms with Gasteiger partial charge in [-0.2, -0.15) is 13.2 Å². The predicted molar refractivity (Wildman–Crippen MR) is 123 cm³/mol. The summed E-state index contributed by atoms with van der Waals surface area (Å²) in [6.45, 7) is 2.70. The second-order valence-electron chi connectivity index (χ2n) is 10.1. The van der Waals surface area contributed by atoms with Crippen LogP contribution in [0.5, 0.6) is 0 Å². The molecule has 0 bridgehead atoms. The van der Waals surface area contributed by atoms with Crippen molar-refractivity contribution in [1.29, 1.82) is 0 Å². The molecule has 1 aromatic heterocycles. The minimum atomic E-state index is -5.11. The summed E-state index contributed by atoms with van der Waals surface area (Å²) in [5.41, 5.74) is -2.07. The first kappa shape index (κ1) is 27.9. The zero-order valence-corrected chi connectivity index (χ0v) is 20.6. The Morgan fingerprint density at radius 3 is 2.42 bits per heavy atom. The van der Waals surface area contributed by atoms with E-state index in [4.69, 9.17) is 0 Å². The Labute approximate surface area is 215 Å². The van der Waals surface area contributed by atoms with E-state index < -0.39 is 77.6 Å². The van der Waals surface area contributed by atoms with Crippen molar-refractivity contribution in [2.24, 2.45) is 11.8 Å². The summed E-state index contributed by atoms with van der Waals surface area (Å²) in [5, 5.41) is 12.4. The summed E-state index contributed by atoms with van der Waals surface area (Å²) >= 11 is 0. The molecule has 6 nitrogen and oxygen atoms in total. The van der Waals surface area contributed by atoms with Crippen LogP contribution in [0.1, 0.15) is 66.3 Å². The monoisotopic (exact) mass is 543 g/mol. The summed E-state index contributed by atoms with van der Waals surface area (Å²) < 4.78 is 81.6. The Bertz CT molecular complexity index is 1220. The Hall–Kier alpha value is -3.15. The van der Waals surface area contributed by atoms with Crippen molar-refractivity contribution < 1.29 is 41.0 Å². The highest BCUT2D eigenvalue weighted by atomic mass is 19.4. The highest BCUT2D eigenvalue weighted by Gasteiger charge is 2.46. The number of carbonyl (C=O) groups is 2. The summed E-state index contributed by atoms with van der Waals surface area (Å²) in [6, 6.07) is 0.502. The number of aliphatic hydroxyl groups excluding tert-OH is 1. The first-order chi connectivity index (χ1) is 17.8. The van der Waals surface area contributed by atoms with Crippen LogP contribution in [0.2, 0.25) is 0 Å². The number of hydrogen-bond acceptors (Lipinski definition) is 4. The number of halogens is 6. The van der Waals surface area contributed by atoms with Crippen LogP contribution in [0.25, 0.3) is 0 Å². The van der Waals surface area contributed by atoms with Crippen LogP contribution in [0.15, 0.2) is 30.5 Å². The molecule has 2 heterocycles. The minimum Gasteiger partial charge on any atom is -0.393 e. The van der Waals surface area contributed by atoms with Crippen molar-refractivity contribution in [3.8, 4) is 0 Å². The van der Waals surface area contributed by atoms with Crippen LogP contribution in [-0.2, 0) is 17.6 Å². The van der Waals surface area contributed by atoms with E-state index in [1.165, 1.54) is 23.2 Å². The van der Waals surface area contributed by atoms with E-state index >= 15 is 0 Å². The van der Waals surface area contributed by atoms with Crippen molar-refractivity contribution in [2.45, 2.75) is 70.2 Å². The van der Waals surface area contributed by atoms with E-state index in [0.717, 1.165) is 0 Å². The predicted octanol–water partition coefficient (Wildman–Crippen LogP) is 4.72. The van der Waals surface area contributed by atoms with Crippen molar-refractivity contribution in [1.82, 2.24) is 15.2 Å². The van der Waals surface area contributed by atoms with Gasteiger partial charge in [-0.05, 0) is 62.3 Å². The van der Waals surface area contributed by atoms with E-state index in [1.807, 2.05) is 6.92 Å². The van der Waals surface area contributed by atoms with Crippen molar-refractivity contribution in [3.05, 3.63) is 64.5 Å². The van der Waals surface area contributed by atoms with Gasteiger partial charge in [-0.1, -0.05) is 6.92 Å². The number of benzene rings is 1. The number of rotatable bonds is 6. The first-order valence-corrected chi connectivity index (χ1v) is 12.2. The van der Waals surface area contributed by atoms with E-state index in [2.05, 4.69) is 10.3 Å². The van der Waals surface area contributed by atoms with Gasteiger partial charge in [0, 0.05) is 23.4 Å². The maximum atomic E-state index is 14.9. The fourth-order valence-corrected chi connectivity index (χ4v) is 5.23. The average Bonchev–Trinajstić information content (AvgIpc) is 3.15. The molecule has 38 heavy (non-hydrogen) atoms. The van der Waals surface area contributed by atoms with E-state index in [9.17, 15) is 41.0 Å². The molecule has 2 aliphatic rings. The molecule has 1 saturated heterocycles. The molecule has 0 unspecified atom stereocenters. The van der Waals surface area contributed by atoms with Gasteiger partial charge in [-0.15, -0.1) is 0 Å². The van der Waals surface area contributed by atoms with Crippen molar-refractivity contribution in [3.63, 3.8) is 0 Å². The molecule has 4 atom stereocenters. The minimum absolute atomic E-state index is 0.0418. The number of nitrogens with zero attached hydrogens (tertiary/aromatic N) is 2. The molecule has 12 heteroatoms. The number of hydrogen-bond donors (Lipinski definition) is 2. The van der Waals surface area contributed by atoms with E-state index in [0.29, 0.717) is 6.07 Å². The van der Waals surface area contributed by atoms with Crippen LogP contribution < -0.4 is 5.32 Å². The van der Waals surface area contributed by atoms with Crippen molar-refractivity contribution in [2.75, 3.05) is 0 Å². The zero-order chi connectivity index (χ0) is 27.9. The van der Waals surface area contributed by atoms with Crippen LogP contribution in [0.4, 0.5) is 26.3 Å². The summed E-state index contributed by atoms with van der Waals surface area (Å²) in [7, 11) is 0. The van der Waals surface area contributed by atoms with Gasteiger partial charge in [-0.25, -0.2) is 13.2 Å². The SMILES string of the molecule is C[C@@H]1C[C@H](C(=O)N[C@@H](c2cc(F)c(C(F)(F)F)cc2F)[C@H]2C[C@@H](O)C2)N(C(=O)c2ccnc(CF)c2)[C@@H]1C. The number of carbonyl (C=O) groups excluding carboxylic acids is 2. The topological polar surface area (TPSA) is 82.5 Å². The third kappa shape index (κ3) is 5.36. The summed E-state index contributed by atoms with van der Waals surface area (Å²) in [6.07, 6.45) is -4.10. The molecule has 1 aromatic carbocycles. The number of pyridine rings is 1.